The predicted molar refractivity (Wildman–Crippen MR) is 98.5 cm³/mol. The molecule has 0 saturated heterocycles. The van der Waals surface area contributed by atoms with E-state index in [2.05, 4.69) is 12.2 Å². The van der Waals surface area contributed by atoms with Crippen molar-refractivity contribution in [3.8, 4) is 5.75 Å². The lowest BCUT2D eigenvalue weighted by Crippen LogP contribution is -2.36. The zero-order chi connectivity index (χ0) is 17.5. The van der Waals surface area contributed by atoms with Crippen LogP contribution in [0.3, 0.4) is 0 Å². The summed E-state index contributed by atoms with van der Waals surface area (Å²) in [5.74, 6) is 0.663. The van der Waals surface area contributed by atoms with E-state index in [4.69, 9.17) is 4.74 Å². The minimum atomic E-state index is -0.529. The SMILES string of the molecule is CCc1ccccc1OC(C)C(=O)NCc1ccc(N(C)C)cc1. The van der Waals surface area contributed by atoms with Crippen LogP contribution in [0.1, 0.15) is 25.0 Å². The number of para-hydroxylation sites is 1. The number of carbonyl (C=O) groups excluding carboxylic acids is 1. The minimum Gasteiger partial charge on any atom is -0.481 e. The molecule has 0 radical (unpaired) electrons. The Kier molecular flexibility index (Phi) is 6.24. The number of hydrogen-bond donors (Lipinski definition) is 1. The second-order valence-corrected chi connectivity index (χ2v) is 6.00. The summed E-state index contributed by atoms with van der Waals surface area (Å²) in [5.41, 5.74) is 3.31. The average molecular weight is 326 g/mol. The van der Waals surface area contributed by atoms with Gasteiger partial charge >= 0.3 is 0 Å². The molecule has 1 unspecified atom stereocenters. The number of nitrogens with zero attached hydrogens (tertiary/aromatic N) is 1. The van der Waals surface area contributed by atoms with Gasteiger partial charge < -0.3 is 15.0 Å². The van der Waals surface area contributed by atoms with E-state index in [1.807, 2.05) is 67.5 Å². The Morgan fingerprint density at radius 2 is 1.79 bits per heavy atom. The predicted octanol–water partition coefficient (Wildman–Crippen LogP) is 3.40. The van der Waals surface area contributed by atoms with Gasteiger partial charge in [0, 0.05) is 26.3 Å². The first kappa shape index (κ1) is 17.9. The van der Waals surface area contributed by atoms with Crippen LogP contribution in [0.2, 0.25) is 0 Å². The monoisotopic (exact) mass is 326 g/mol. The molecule has 2 aromatic rings. The van der Waals surface area contributed by atoms with Gasteiger partial charge in [-0.05, 0) is 42.7 Å². The largest absolute Gasteiger partial charge is 0.481 e. The molecule has 4 heteroatoms. The van der Waals surface area contributed by atoms with Crippen molar-refractivity contribution in [3.05, 3.63) is 59.7 Å². The Labute approximate surface area is 144 Å². The van der Waals surface area contributed by atoms with Crippen LogP contribution < -0.4 is 15.0 Å². The quantitative estimate of drug-likeness (QED) is 0.848. The number of benzene rings is 2. The van der Waals surface area contributed by atoms with Crippen molar-refractivity contribution in [1.82, 2.24) is 5.32 Å². The Bertz CT molecular complexity index is 666. The maximum Gasteiger partial charge on any atom is 0.261 e. The maximum atomic E-state index is 12.3. The molecule has 1 atom stereocenters. The molecule has 0 fully saturated rings. The smallest absolute Gasteiger partial charge is 0.261 e. The summed E-state index contributed by atoms with van der Waals surface area (Å²) in [6.07, 6.45) is 0.349. The molecule has 1 amide bonds. The molecular formula is C20H26N2O2. The van der Waals surface area contributed by atoms with E-state index in [1.54, 1.807) is 6.92 Å². The van der Waals surface area contributed by atoms with E-state index in [1.165, 1.54) is 0 Å². The van der Waals surface area contributed by atoms with Crippen LogP contribution in [-0.2, 0) is 17.8 Å². The molecule has 0 aliphatic heterocycles. The molecule has 0 aromatic heterocycles. The van der Waals surface area contributed by atoms with Gasteiger partial charge in [0.1, 0.15) is 5.75 Å². The summed E-state index contributed by atoms with van der Waals surface area (Å²) in [7, 11) is 4.01. The van der Waals surface area contributed by atoms with E-state index < -0.39 is 6.10 Å². The van der Waals surface area contributed by atoms with Crippen molar-refractivity contribution >= 4 is 11.6 Å². The minimum absolute atomic E-state index is 0.113. The van der Waals surface area contributed by atoms with Crippen molar-refractivity contribution in [2.45, 2.75) is 32.9 Å². The lowest BCUT2D eigenvalue weighted by Gasteiger charge is -2.17. The van der Waals surface area contributed by atoms with E-state index in [0.29, 0.717) is 6.54 Å². The summed E-state index contributed by atoms with van der Waals surface area (Å²) in [4.78, 5) is 14.3. The van der Waals surface area contributed by atoms with Crippen LogP contribution in [0.25, 0.3) is 0 Å². The van der Waals surface area contributed by atoms with Gasteiger partial charge in [0.2, 0.25) is 0 Å². The first-order valence-corrected chi connectivity index (χ1v) is 8.29. The molecule has 0 spiro atoms. The number of rotatable bonds is 7. The second-order valence-electron chi connectivity index (χ2n) is 6.00. The normalized spacial score (nSPS) is 11.7. The van der Waals surface area contributed by atoms with Crippen LogP contribution in [-0.4, -0.2) is 26.1 Å². The standard InChI is InChI=1S/C20H26N2O2/c1-5-17-8-6-7-9-19(17)24-15(2)20(23)21-14-16-10-12-18(13-11-16)22(3)4/h6-13,15H,5,14H2,1-4H3,(H,21,23). The second kappa shape index (κ2) is 8.39. The number of anilines is 1. The Balaban J connectivity index is 1.89. The lowest BCUT2D eigenvalue weighted by atomic mass is 10.1. The third-order valence-electron chi connectivity index (χ3n) is 3.95. The molecule has 0 heterocycles. The zero-order valence-electron chi connectivity index (χ0n) is 14.9. The van der Waals surface area contributed by atoms with Crippen molar-refractivity contribution in [3.63, 3.8) is 0 Å². The zero-order valence-corrected chi connectivity index (χ0v) is 14.9. The number of ether oxygens (including phenoxy) is 1. The third-order valence-corrected chi connectivity index (χ3v) is 3.95. The summed E-state index contributed by atoms with van der Waals surface area (Å²) in [5, 5.41) is 2.93. The van der Waals surface area contributed by atoms with Crippen molar-refractivity contribution in [2.24, 2.45) is 0 Å². The highest BCUT2D eigenvalue weighted by Gasteiger charge is 2.15. The number of hydrogen-bond acceptors (Lipinski definition) is 3. The maximum absolute atomic E-state index is 12.3. The first-order valence-electron chi connectivity index (χ1n) is 8.29. The molecule has 2 aromatic carbocycles. The fourth-order valence-corrected chi connectivity index (χ4v) is 2.40. The highest BCUT2D eigenvalue weighted by Crippen LogP contribution is 2.19. The molecule has 1 N–H and O–H groups in total. The number of nitrogens with one attached hydrogen (secondary N) is 1. The first-order chi connectivity index (χ1) is 11.5. The molecule has 0 aliphatic carbocycles. The van der Waals surface area contributed by atoms with Crippen molar-refractivity contribution < 1.29 is 9.53 Å². The van der Waals surface area contributed by atoms with Gasteiger partial charge in [-0.3, -0.25) is 4.79 Å². The van der Waals surface area contributed by atoms with Crippen LogP contribution in [0.4, 0.5) is 5.69 Å². The summed E-state index contributed by atoms with van der Waals surface area (Å²) < 4.78 is 5.82. The van der Waals surface area contributed by atoms with Crippen LogP contribution >= 0.6 is 0 Å². The molecule has 0 aliphatic rings. The van der Waals surface area contributed by atoms with Gasteiger partial charge in [-0.25, -0.2) is 0 Å². The third kappa shape index (κ3) is 4.75. The van der Waals surface area contributed by atoms with Gasteiger partial charge in [-0.2, -0.15) is 0 Å². The van der Waals surface area contributed by atoms with Crippen LogP contribution in [0.15, 0.2) is 48.5 Å². The summed E-state index contributed by atoms with van der Waals surface area (Å²) in [6, 6.07) is 16.0. The van der Waals surface area contributed by atoms with Gasteiger partial charge in [0.15, 0.2) is 6.10 Å². The Morgan fingerprint density at radius 1 is 1.12 bits per heavy atom. The van der Waals surface area contributed by atoms with Gasteiger partial charge in [-0.15, -0.1) is 0 Å². The van der Waals surface area contributed by atoms with Gasteiger partial charge in [-0.1, -0.05) is 37.3 Å². The van der Waals surface area contributed by atoms with Crippen molar-refractivity contribution in [1.29, 1.82) is 0 Å². The topological polar surface area (TPSA) is 41.6 Å². The number of carbonyl (C=O) groups is 1. The number of aryl methyl sites for hydroxylation is 1. The summed E-state index contributed by atoms with van der Waals surface area (Å²) >= 11 is 0. The average Bonchev–Trinajstić information content (AvgIpc) is 2.60. The highest BCUT2D eigenvalue weighted by atomic mass is 16.5. The lowest BCUT2D eigenvalue weighted by molar-refractivity contribution is -0.127. The summed E-state index contributed by atoms with van der Waals surface area (Å²) in [6.45, 7) is 4.34. The van der Waals surface area contributed by atoms with E-state index in [-0.39, 0.29) is 5.91 Å². The van der Waals surface area contributed by atoms with Gasteiger partial charge in [0.25, 0.3) is 5.91 Å². The highest BCUT2D eigenvalue weighted by molar-refractivity contribution is 5.80. The fraction of sp³-hybridized carbons (Fsp3) is 0.350. The van der Waals surface area contributed by atoms with E-state index in [9.17, 15) is 4.79 Å². The molecule has 4 nitrogen and oxygen atoms in total. The van der Waals surface area contributed by atoms with E-state index in [0.717, 1.165) is 29.0 Å². The van der Waals surface area contributed by atoms with Gasteiger partial charge in [0.05, 0.1) is 0 Å². The molecule has 0 saturated carbocycles. The van der Waals surface area contributed by atoms with Crippen LogP contribution in [0, 0.1) is 0 Å². The molecular weight excluding hydrogens is 300 g/mol. The van der Waals surface area contributed by atoms with Crippen molar-refractivity contribution in [2.75, 3.05) is 19.0 Å². The molecule has 24 heavy (non-hydrogen) atoms. The Hall–Kier alpha value is -2.49. The fourth-order valence-electron chi connectivity index (χ4n) is 2.40. The van der Waals surface area contributed by atoms with Crippen LogP contribution in [0.5, 0.6) is 5.75 Å². The van der Waals surface area contributed by atoms with E-state index >= 15 is 0 Å². The molecule has 0 bridgehead atoms. The Morgan fingerprint density at radius 3 is 2.42 bits per heavy atom. The molecule has 128 valence electrons. The molecule has 2 rings (SSSR count). The number of amides is 1.